The fourth-order valence-electron chi connectivity index (χ4n) is 3.17. The fourth-order valence-corrected chi connectivity index (χ4v) is 3.38. The van der Waals surface area contributed by atoms with E-state index in [1.807, 2.05) is 25.1 Å². The maximum atomic E-state index is 12.4. The minimum absolute atomic E-state index is 0.0528. The van der Waals surface area contributed by atoms with E-state index in [9.17, 15) is 14.7 Å². The van der Waals surface area contributed by atoms with Gasteiger partial charge in [-0.05, 0) is 30.5 Å². The van der Waals surface area contributed by atoms with Crippen molar-refractivity contribution in [2.24, 2.45) is 0 Å². The quantitative estimate of drug-likeness (QED) is 0.528. The minimum Gasteiger partial charge on any atom is -0.479 e. The van der Waals surface area contributed by atoms with E-state index < -0.39 is 23.7 Å². The predicted molar refractivity (Wildman–Crippen MR) is 116 cm³/mol. The molecule has 6 nitrogen and oxygen atoms in total. The first-order valence-corrected chi connectivity index (χ1v) is 10.2. The van der Waals surface area contributed by atoms with Gasteiger partial charge in [0.2, 0.25) is 0 Å². The molecule has 1 aromatic heterocycles. The summed E-state index contributed by atoms with van der Waals surface area (Å²) in [6.45, 7) is 3.65. The Labute approximate surface area is 179 Å². The van der Waals surface area contributed by atoms with Gasteiger partial charge in [-0.3, -0.25) is 4.79 Å². The lowest BCUT2D eigenvalue weighted by molar-refractivity contribution is -0.127. The molecule has 7 heteroatoms. The molecule has 2 atom stereocenters. The summed E-state index contributed by atoms with van der Waals surface area (Å²) < 4.78 is 11.0. The molecule has 1 heterocycles. The Bertz CT molecular complexity index is 1080. The van der Waals surface area contributed by atoms with E-state index in [4.69, 9.17) is 20.8 Å². The summed E-state index contributed by atoms with van der Waals surface area (Å²) in [5.41, 5.74) is 1.48. The molecule has 2 aromatic carbocycles. The third-order valence-corrected chi connectivity index (χ3v) is 5.02. The first-order valence-electron chi connectivity index (χ1n) is 9.82. The number of hydrogen-bond donors (Lipinski definition) is 2. The number of carbonyl (C=O) groups is 1. The average molecular weight is 430 g/mol. The van der Waals surface area contributed by atoms with E-state index in [0.717, 1.165) is 23.8 Å². The molecule has 0 unspecified atom stereocenters. The number of rotatable bonds is 8. The normalized spacial score (nSPS) is 13.1. The zero-order valence-electron chi connectivity index (χ0n) is 16.9. The predicted octanol–water partition coefficient (Wildman–Crippen LogP) is 4.02. The first-order chi connectivity index (χ1) is 14.4. The molecule has 30 heavy (non-hydrogen) atoms. The molecule has 3 aromatic rings. The second-order valence-electron chi connectivity index (χ2n) is 7.05. The molecule has 0 saturated heterocycles. The number of amides is 1. The van der Waals surface area contributed by atoms with E-state index in [0.29, 0.717) is 16.2 Å². The molecule has 0 bridgehead atoms. The summed E-state index contributed by atoms with van der Waals surface area (Å²) >= 11 is 6.35. The molecule has 0 aliphatic rings. The molecule has 1 amide bonds. The van der Waals surface area contributed by atoms with Crippen LogP contribution in [0.5, 0.6) is 5.75 Å². The number of aryl methyl sites for hydroxylation is 1. The van der Waals surface area contributed by atoms with Crippen molar-refractivity contribution in [3.8, 4) is 5.75 Å². The Hall–Kier alpha value is -2.83. The number of benzene rings is 2. The summed E-state index contributed by atoms with van der Waals surface area (Å²) in [5, 5.41) is 13.9. The topological polar surface area (TPSA) is 88.8 Å². The highest BCUT2D eigenvalue weighted by Crippen LogP contribution is 2.32. The van der Waals surface area contributed by atoms with E-state index in [1.54, 1.807) is 25.1 Å². The third-order valence-electron chi connectivity index (χ3n) is 4.73. The lowest BCUT2D eigenvalue weighted by Gasteiger charge is -2.18. The second-order valence-corrected chi connectivity index (χ2v) is 7.46. The van der Waals surface area contributed by atoms with E-state index in [-0.39, 0.29) is 12.3 Å². The summed E-state index contributed by atoms with van der Waals surface area (Å²) in [7, 11) is 0. The third kappa shape index (κ3) is 5.20. The van der Waals surface area contributed by atoms with Gasteiger partial charge in [0.15, 0.2) is 6.10 Å². The number of carbonyl (C=O) groups excluding carboxylic acids is 1. The van der Waals surface area contributed by atoms with Gasteiger partial charge in [0.25, 0.3) is 5.91 Å². The molecule has 0 fully saturated rings. The first kappa shape index (κ1) is 21.9. The highest BCUT2D eigenvalue weighted by atomic mass is 35.5. The highest BCUT2D eigenvalue weighted by Gasteiger charge is 2.19. The van der Waals surface area contributed by atoms with Crippen molar-refractivity contribution in [3.05, 3.63) is 75.1 Å². The number of nitrogens with one attached hydrogen (secondary N) is 1. The van der Waals surface area contributed by atoms with Crippen LogP contribution < -0.4 is 15.7 Å². The van der Waals surface area contributed by atoms with E-state index >= 15 is 0 Å². The maximum absolute atomic E-state index is 12.4. The van der Waals surface area contributed by atoms with Crippen molar-refractivity contribution >= 4 is 28.5 Å². The number of halogens is 1. The monoisotopic (exact) mass is 429 g/mol. The van der Waals surface area contributed by atoms with Crippen LogP contribution in [-0.4, -0.2) is 23.7 Å². The van der Waals surface area contributed by atoms with Crippen molar-refractivity contribution in [2.75, 3.05) is 6.54 Å². The van der Waals surface area contributed by atoms with Gasteiger partial charge >= 0.3 is 5.63 Å². The van der Waals surface area contributed by atoms with Crippen LogP contribution in [0.15, 0.2) is 57.7 Å². The SMILES string of the molecule is CCCc1cc(=O)oc2cc(O[C@@H](C)C(=O)NC[C@@H](O)c3ccccc3)c(Cl)cc12. The van der Waals surface area contributed by atoms with Crippen LogP contribution in [0.4, 0.5) is 0 Å². The summed E-state index contributed by atoms with van der Waals surface area (Å²) in [6, 6.07) is 13.7. The van der Waals surface area contributed by atoms with Gasteiger partial charge in [0.05, 0.1) is 11.1 Å². The van der Waals surface area contributed by atoms with Gasteiger partial charge in [-0.2, -0.15) is 0 Å². The lowest BCUT2D eigenvalue weighted by Crippen LogP contribution is -2.38. The van der Waals surface area contributed by atoms with Gasteiger partial charge in [-0.25, -0.2) is 4.79 Å². The largest absolute Gasteiger partial charge is 0.479 e. The Morgan fingerprint density at radius 1 is 1.23 bits per heavy atom. The maximum Gasteiger partial charge on any atom is 0.336 e. The molecule has 0 aliphatic carbocycles. The molecule has 158 valence electrons. The van der Waals surface area contributed by atoms with Gasteiger partial charge in [-0.1, -0.05) is 55.3 Å². The number of fused-ring (bicyclic) bond motifs is 1. The molecular formula is C23H24ClNO5. The second kappa shape index (κ2) is 9.78. The zero-order valence-corrected chi connectivity index (χ0v) is 17.6. The smallest absolute Gasteiger partial charge is 0.336 e. The summed E-state index contributed by atoms with van der Waals surface area (Å²) in [4.78, 5) is 24.2. The molecular weight excluding hydrogens is 406 g/mol. The van der Waals surface area contributed by atoms with E-state index in [2.05, 4.69) is 5.32 Å². The Balaban J connectivity index is 1.71. The van der Waals surface area contributed by atoms with Crippen LogP contribution in [0.3, 0.4) is 0 Å². The van der Waals surface area contributed by atoms with Crippen molar-refractivity contribution in [2.45, 2.75) is 38.9 Å². The van der Waals surface area contributed by atoms with Crippen LogP contribution in [0.2, 0.25) is 5.02 Å². The zero-order chi connectivity index (χ0) is 21.7. The molecule has 0 saturated carbocycles. The number of ether oxygens (including phenoxy) is 1. The molecule has 3 rings (SSSR count). The van der Waals surface area contributed by atoms with Gasteiger partial charge in [0.1, 0.15) is 11.3 Å². The van der Waals surface area contributed by atoms with Crippen molar-refractivity contribution < 1.29 is 19.1 Å². The summed E-state index contributed by atoms with van der Waals surface area (Å²) in [5.74, 6) is -0.158. The number of hydrogen-bond acceptors (Lipinski definition) is 5. The van der Waals surface area contributed by atoms with Crippen LogP contribution >= 0.6 is 11.6 Å². The van der Waals surface area contributed by atoms with Crippen LogP contribution in [0, 0.1) is 0 Å². The van der Waals surface area contributed by atoms with E-state index in [1.165, 1.54) is 12.1 Å². The van der Waals surface area contributed by atoms with Crippen LogP contribution in [-0.2, 0) is 11.2 Å². The fraction of sp³-hybridized carbons (Fsp3) is 0.304. The number of aliphatic hydroxyl groups is 1. The van der Waals surface area contributed by atoms with Crippen molar-refractivity contribution in [3.63, 3.8) is 0 Å². The van der Waals surface area contributed by atoms with Gasteiger partial charge < -0.3 is 19.6 Å². The standard InChI is InChI=1S/C23H24ClNO5/c1-3-7-16-10-22(27)30-20-12-21(18(24)11-17(16)20)29-14(2)23(28)25-13-19(26)15-8-5-4-6-9-15/h4-6,8-12,14,19,26H,3,7,13H2,1-2H3,(H,25,28)/t14-,19+/m0/s1. The van der Waals surface area contributed by atoms with Gasteiger partial charge in [0, 0.05) is 24.1 Å². The minimum atomic E-state index is -0.867. The van der Waals surface area contributed by atoms with Crippen LogP contribution in [0.1, 0.15) is 37.5 Å². The highest BCUT2D eigenvalue weighted by molar-refractivity contribution is 6.32. The Morgan fingerprint density at radius 2 is 1.97 bits per heavy atom. The van der Waals surface area contributed by atoms with Crippen LogP contribution in [0.25, 0.3) is 11.0 Å². The summed E-state index contributed by atoms with van der Waals surface area (Å²) in [6.07, 6.45) is -0.0897. The van der Waals surface area contributed by atoms with Crippen molar-refractivity contribution in [1.82, 2.24) is 5.32 Å². The Morgan fingerprint density at radius 3 is 2.67 bits per heavy atom. The molecule has 0 aliphatic heterocycles. The average Bonchev–Trinajstić information content (AvgIpc) is 2.73. The lowest BCUT2D eigenvalue weighted by atomic mass is 10.1. The molecule has 0 spiro atoms. The number of aliphatic hydroxyl groups excluding tert-OH is 1. The Kier molecular flexibility index (Phi) is 7.13. The molecule has 0 radical (unpaired) electrons. The van der Waals surface area contributed by atoms with Crippen molar-refractivity contribution in [1.29, 1.82) is 0 Å². The molecule has 2 N–H and O–H groups in total. The van der Waals surface area contributed by atoms with Gasteiger partial charge in [-0.15, -0.1) is 0 Å².